The predicted octanol–water partition coefficient (Wildman–Crippen LogP) is 4.46. The second-order valence-corrected chi connectivity index (χ2v) is 6.53. The van der Waals surface area contributed by atoms with Gasteiger partial charge < -0.3 is 5.73 Å². The van der Waals surface area contributed by atoms with Crippen molar-refractivity contribution in [2.24, 2.45) is 0 Å². The smallest absolute Gasteiger partial charge is 0.0715 e. The van der Waals surface area contributed by atoms with Gasteiger partial charge in [-0.05, 0) is 48.6 Å². The number of nitrogens with two attached hydrogens (primary N) is 1. The molecule has 104 valence electrons. The molecule has 1 aliphatic carbocycles. The minimum absolute atomic E-state index is 0.749. The van der Waals surface area contributed by atoms with Crippen LogP contribution in [-0.4, -0.2) is 4.98 Å². The van der Waals surface area contributed by atoms with Gasteiger partial charge in [-0.3, -0.25) is 4.98 Å². The van der Waals surface area contributed by atoms with Crippen LogP contribution in [0.15, 0.2) is 58.5 Å². The number of aryl methyl sites for hydroxylation is 2. The minimum atomic E-state index is 0.749. The van der Waals surface area contributed by atoms with Crippen LogP contribution in [-0.2, 0) is 12.8 Å². The number of pyridine rings is 1. The largest absolute Gasteiger partial charge is 0.397 e. The average Bonchev–Trinajstić information content (AvgIpc) is 2.98. The molecule has 1 heterocycles. The van der Waals surface area contributed by atoms with Crippen LogP contribution in [0.5, 0.6) is 0 Å². The fourth-order valence-electron chi connectivity index (χ4n) is 2.97. The normalized spacial score (nSPS) is 13.5. The van der Waals surface area contributed by atoms with Crippen molar-refractivity contribution in [3.8, 4) is 0 Å². The molecule has 0 bridgehead atoms. The zero-order chi connectivity index (χ0) is 14.2. The van der Waals surface area contributed by atoms with Gasteiger partial charge in [0.25, 0.3) is 0 Å². The van der Waals surface area contributed by atoms with E-state index < -0.39 is 0 Å². The Morgan fingerprint density at radius 1 is 1.00 bits per heavy atom. The van der Waals surface area contributed by atoms with E-state index in [1.54, 1.807) is 18.0 Å². The van der Waals surface area contributed by atoms with Gasteiger partial charge in [0.15, 0.2) is 0 Å². The zero-order valence-corrected chi connectivity index (χ0v) is 12.5. The van der Waals surface area contributed by atoms with Crippen molar-refractivity contribution in [1.29, 1.82) is 0 Å². The summed E-state index contributed by atoms with van der Waals surface area (Å²) in [6, 6.07) is 15.0. The first kappa shape index (κ1) is 12.7. The topological polar surface area (TPSA) is 38.9 Å². The van der Waals surface area contributed by atoms with Crippen molar-refractivity contribution in [2.45, 2.75) is 29.1 Å². The molecule has 1 aliphatic rings. The van der Waals surface area contributed by atoms with Crippen LogP contribution in [0.3, 0.4) is 0 Å². The Bertz CT molecular complexity index is 827. The van der Waals surface area contributed by atoms with Gasteiger partial charge in [0.2, 0.25) is 0 Å². The summed E-state index contributed by atoms with van der Waals surface area (Å²) >= 11 is 1.74. The van der Waals surface area contributed by atoms with Gasteiger partial charge in [0.05, 0.1) is 17.4 Å². The second-order valence-electron chi connectivity index (χ2n) is 5.45. The molecule has 21 heavy (non-hydrogen) atoms. The molecule has 2 nitrogen and oxygen atoms in total. The highest BCUT2D eigenvalue weighted by molar-refractivity contribution is 7.99. The number of hydrogen-bond donors (Lipinski definition) is 1. The molecular formula is C18H16N2S. The standard InChI is InChI=1S/C18H16N2S/c19-16-11-20-17-7-2-1-6-15(17)18(16)21-14-9-8-12-4-3-5-13(12)10-14/h1-2,6-11H,3-5,19H2. The van der Waals surface area contributed by atoms with E-state index in [4.69, 9.17) is 5.73 Å². The van der Waals surface area contributed by atoms with E-state index in [1.807, 2.05) is 18.2 Å². The van der Waals surface area contributed by atoms with Gasteiger partial charge in [-0.15, -0.1) is 0 Å². The summed E-state index contributed by atoms with van der Waals surface area (Å²) in [5.41, 5.74) is 10.9. The fourth-order valence-corrected chi connectivity index (χ4v) is 4.00. The molecule has 0 amide bonds. The number of nitrogens with zero attached hydrogens (tertiary/aromatic N) is 1. The van der Waals surface area contributed by atoms with E-state index in [0.717, 1.165) is 21.5 Å². The summed E-state index contributed by atoms with van der Waals surface area (Å²) in [7, 11) is 0. The summed E-state index contributed by atoms with van der Waals surface area (Å²) in [5.74, 6) is 0. The Hall–Kier alpha value is -2.00. The highest BCUT2D eigenvalue weighted by Gasteiger charge is 2.13. The van der Waals surface area contributed by atoms with Crippen molar-refractivity contribution in [1.82, 2.24) is 4.98 Å². The zero-order valence-electron chi connectivity index (χ0n) is 11.7. The van der Waals surface area contributed by atoms with Crippen molar-refractivity contribution >= 4 is 28.4 Å². The van der Waals surface area contributed by atoms with Crippen LogP contribution in [0.2, 0.25) is 0 Å². The van der Waals surface area contributed by atoms with E-state index in [2.05, 4.69) is 29.2 Å². The first-order valence-electron chi connectivity index (χ1n) is 7.24. The molecule has 0 atom stereocenters. The van der Waals surface area contributed by atoms with E-state index >= 15 is 0 Å². The molecule has 4 rings (SSSR count). The van der Waals surface area contributed by atoms with Crippen molar-refractivity contribution in [2.75, 3.05) is 5.73 Å². The Balaban J connectivity index is 1.79. The lowest BCUT2D eigenvalue weighted by Crippen LogP contribution is -1.92. The molecule has 3 heteroatoms. The first-order valence-corrected chi connectivity index (χ1v) is 8.06. The molecule has 0 spiro atoms. The fraction of sp³-hybridized carbons (Fsp3) is 0.167. The highest BCUT2D eigenvalue weighted by atomic mass is 32.2. The molecule has 2 N–H and O–H groups in total. The van der Waals surface area contributed by atoms with Crippen LogP contribution in [0.25, 0.3) is 10.9 Å². The van der Waals surface area contributed by atoms with Gasteiger partial charge in [-0.25, -0.2) is 0 Å². The lowest BCUT2D eigenvalue weighted by molar-refractivity contribution is 0.911. The van der Waals surface area contributed by atoms with Crippen molar-refractivity contribution in [3.63, 3.8) is 0 Å². The van der Waals surface area contributed by atoms with Gasteiger partial charge in [0, 0.05) is 15.2 Å². The quantitative estimate of drug-likeness (QED) is 0.758. The number of para-hydroxylation sites is 1. The molecular weight excluding hydrogens is 276 g/mol. The summed E-state index contributed by atoms with van der Waals surface area (Å²) in [6.07, 6.45) is 5.47. The molecule has 1 aromatic heterocycles. The maximum Gasteiger partial charge on any atom is 0.0715 e. The maximum absolute atomic E-state index is 6.16. The number of aromatic nitrogens is 1. The molecule has 0 fully saturated rings. The molecule has 0 aliphatic heterocycles. The monoisotopic (exact) mass is 292 g/mol. The third-order valence-electron chi connectivity index (χ3n) is 4.04. The number of nitrogen functional groups attached to an aromatic ring is 1. The van der Waals surface area contributed by atoms with Crippen LogP contribution in [0, 0.1) is 0 Å². The number of anilines is 1. The Labute approximate surface area is 128 Å². The van der Waals surface area contributed by atoms with Crippen LogP contribution >= 0.6 is 11.8 Å². The SMILES string of the molecule is Nc1cnc2ccccc2c1Sc1ccc2c(c1)CCC2. The number of benzene rings is 2. The van der Waals surface area contributed by atoms with E-state index in [1.165, 1.54) is 35.3 Å². The van der Waals surface area contributed by atoms with Gasteiger partial charge >= 0.3 is 0 Å². The van der Waals surface area contributed by atoms with Crippen LogP contribution in [0.4, 0.5) is 5.69 Å². The number of hydrogen-bond acceptors (Lipinski definition) is 3. The Morgan fingerprint density at radius 2 is 1.86 bits per heavy atom. The molecule has 0 unspecified atom stereocenters. The number of rotatable bonds is 2. The highest BCUT2D eigenvalue weighted by Crippen LogP contribution is 2.38. The summed E-state index contributed by atoms with van der Waals surface area (Å²) in [5, 5.41) is 1.13. The molecule has 0 radical (unpaired) electrons. The lowest BCUT2D eigenvalue weighted by Gasteiger charge is -2.10. The van der Waals surface area contributed by atoms with Crippen molar-refractivity contribution in [3.05, 3.63) is 59.8 Å². The molecule has 0 saturated carbocycles. The minimum Gasteiger partial charge on any atom is -0.397 e. The van der Waals surface area contributed by atoms with Gasteiger partial charge in [0.1, 0.15) is 0 Å². The average molecular weight is 292 g/mol. The molecule has 0 saturated heterocycles. The Morgan fingerprint density at radius 3 is 2.81 bits per heavy atom. The van der Waals surface area contributed by atoms with E-state index in [9.17, 15) is 0 Å². The van der Waals surface area contributed by atoms with Crippen molar-refractivity contribution < 1.29 is 0 Å². The second kappa shape index (κ2) is 5.08. The molecule has 3 aromatic rings. The van der Waals surface area contributed by atoms with Crippen LogP contribution < -0.4 is 5.73 Å². The maximum atomic E-state index is 6.16. The summed E-state index contributed by atoms with van der Waals surface area (Å²) in [6.45, 7) is 0. The summed E-state index contributed by atoms with van der Waals surface area (Å²) < 4.78 is 0. The Kier molecular flexibility index (Phi) is 3.08. The van der Waals surface area contributed by atoms with E-state index in [-0.39, 0.29) is 0 Å². The predicted molar refractivity (Wildman–Crippen MR) is 88.7 cm³/mol. The first-order chi connectivity index (χ1) is 10.3. The summed E-state index contributed by atoms with van der Waals surface area (Å²) in [4.78, 5) is 6.77. The van der Waals surface area contributed by atoms with Gasteiger partial charge in [-0.2, -0.15) is 0 Å². The molecule has 2 aromatic carbocycles. The van der Waals surface area contributed by atoms with Gasteiger partial charge in [-0.1, -0.05) is 36.0 Å². The third kappa shape index (κ3) is 2.28. The van der Waals surface area contributed by atoms with Crippen LogP contribution in [0.1, 0.15) is 17.5 Å². The number of fused-ring (bicyclic) bond motifs is 2. The lowest BCUT2D eigenvalue weighted by atomic mass is 10.1. The van der Waals surface area contributed by atoms with E-state index in [0.29, 0.717) is 0 Å². The third-order valence-corrected chi connectivity index (χ3v) is 5.19.